The van der Waals surface area contributed by atoms with Crippen molar-refractivity contribution >= 4 is 22.6 Å². The van der Waals surface area contributed by atoms with Crippen molar-refractivity contribution in [1.29, 1.82) is 0 Å². The van der Waals surface area contributed by atoms with Crippen LogP contribution in [0.2, 0.25) is 0 Å². The van der Waals surface area contributed by atoms with E-state index >= 15 is 0 Å². The third-order valence-corrected chi connectivity index (χ3v) is 1.53. The Morgan fingerprint density at radius 2 is 2.09 bits per heavy atom. The number of rotatable bonds is 4. The zero-order chi connectivity index (χ0) is 8.74. The van der Waals surface area contributed by atoms with Crippen LogP contribution in [-0.2, 0) is 9.47 Å². The minimum Gasteiger partial charge on any atom is -0.359 e. The first-order valence-corrected chi connectivity index (χ1v) is 4.41. The fraction of sp³-hybridized carbons (Fsp3) is 0.750. The normalized spacial score (nSPS) is 10.5. The minimum absolute atomic E-state index is 0.200. The Hall–Kier alpha value is 0.210. The Bertz CT molecular complexity index is 155. The van der Waals surface area contributed by atoms with Crippen molar-refractivity contribution in [2.45, 2.75) is 25.9 Å². The lowest BCUT2D eigenvalue weighted by molar-refractivity contribution is -0.111. The molecule has 0 rings (SSSR count). The van der Waals surface area contributed by atoms with E-state index in [2.05, 4.69) is 9.85 Å². The van der Waals surface area contributed by atoms with E-state index < -0.39 is 0 Å². The summed E-state index contributed by atoms with van der Waals surface area (Å²) in [6.45, 7) is 4.32. The third kappa shape index (κ3) is 6.60. The standard InChI is InChI=1S/C8H13IO2/c1-8(2,5-4-6-9)11-7-10-3/h5,7H2,1-3H3. The van der Waals surface area contributed by atoms with Gasteiger partial charge in [-0.3, -0.25) is 0 Å². The van der Waals surface area contributed by atoms with Gasteiger partial charge in [0.1, 0.15) is 6.79 Å². The van der Waals surface area contributed by atoms with Gasteiger partial charge < -0.3 is 9.47 Å². The van der Waals surface area contributed by atoms with Crippen molar-refractivity contribution in [2.24, 2.45) is 0 Å². The second kappa shape index (κ2) is 5.81. The first kappa shape index (κ1) is 11.2. The second-order valence-corrected chi connectivity index (χ2v) is 3.30. The maximum absolute atomic E-state index is 5.35. The Balaban J connectivity index is 3.66. The van der Waals surface area contributed by atoms with Crippen LogP contribution in [0.4, 0.5) is 0 Å². The fourth-order valence-electron chi connectivity index (χ4n) is 0.516. The second-order valence-electron chi connectivity index (χ2n) is 2.76. The van der Waals surface area contributed by atoms with E-state index in [0.717, 1.165) is 6.42 Å². The largest absolute Gasteiger partial charge is 0.359 e. The first-order valence-electron chi connectivity index (χ1n) is 3.34. The van der Waals surface area contributed by atoms with Crippen LogP contribution >= 0.6 is 22.6 Å². The van der Waals surface area contributed by atoms with Crippen molar-refractivity contribution < 1.29 is 9.47 Å². The van der Waals surface area contributed by atoms with E-state index in [0.29, 0.717) is 6.79 Å². The van der Waals surface area contributed by atoms with E-state index in [1.54, 1.807) is 7.11 Å². The Kier molecular flexibility index (Phi) is 5.92. The molecule has 0 aliphatic rings. The molecule has 3 heteroatoms. The summed E-state index contributed by atoms with van der Waals surface area (Å²) >= 11 is 2.02. The smallest absolute Gasteiger partial charge is 0.147 e. The molecule has 0 aliphatic carbocycles. The van der Waals surface area contributed by atoms with Crippen LogP contribution in [-0.4, -0.2) is 19.5 Å². The molecule has 0 N–H and O–H groups in total. The molecule has 0 amide bonds. The van der Waals surface area contributed by atoms with E-state index in [1.807, 2.05) is 36.4 Å². The molecule has 0 fully saturated rings. The van der Waals surface area contributed by atoms with Gasteiger partial charge in [0.05, 0.1) is 5.60 Å². The van der Waals surface area contributed by atoms with Gasteiger partial charge in [-0.2, -0.15) is 0 Å². The predicted molar refractivity (Wildman–Crippen MR) is 53.5 cm³/mol. The maximum atomic E-state index is 5.35. The first-order chi connectivity index (χ1) is 5.12. The van der Waals surface area contributed by atoms with Gasteiger partial charge in [-0.25, -0.2) is 0 Å². The van der Waals surface area contributed by atoms with Crippen molar-refractivity contribution in [3.05, 3.63) is 0 Å². The monoisotopic (exact) mass is 268 g/mol. The molecule has 0 heterocycles. The van der Waals surface area contributed by atoms with Gasteiger partial charge in [0.2, 0.25) is 0 Å². The van der Waals surface area contributed by atoms with Gasteiger partial charge in [0, 0.05) is 36.1 Å². The molecule has 2 nitrogen and oxygen atoms in total. The lowest BCUT2D eigenvalue weighted by Crippen LogP contribution is -2.24. The average Bonchev–Trinajstić information content (AvgIpc) is 1.97. The van der Waals surface area contributed by atoms with Gasteiger partial charge in [-0.05, 0) is 17.8 Å². The molecular formula is C8H13IO2. The van der Waals surface area contributed by atoms with E-state index in [4.69, 9.17) is 9.47 Å². The molecule has 0 unspecified atom stereocenters. The highest BCUT2D eigenvalue weighted by molar-refractivity contribution is 14.1. The molecule has 0 bridgehead atoms. The van der Waals surface area contributed by atoms with Crippen LogP contribution < -0.4 is 0 Å². The molecule has 0 atom stereocenters. The minimum atomic E-state index is -0.200. The molecule has 0 saturated heterocycles. The highest BCUT2D eigenvalue weighted by Crippen LogP contribution is 2.12. The summed E-state index contributed by atoms with van der Waals surface area (Å²) in [6, 6.07) is 0. The van der Waals surface area contributed by atoms with Crippen LogP contribution in [0.3, 0.4) is 0 Å². The maximum Gasteiger partial charge on any atom is 0.147 e. The van der Waals surface area contributed by atoms with Gasteiger partial charge in [-0.15, -0.1) is 0 Å². The number of hydrogen-bond donors (Lipinski definition) is 0. The lowest BCUT2D eigenvalue weighted by Gasteiger charge is -2.21. The van der Waals surface area contributed by atoms with Crippen molar-refractivity contribution in [2.75, 3.05) is 13.9 Å². The van der Waals surface area contributed by atoms with Gasteiger partial charge in [0.25, 0.3) is 0 Å². The number of hydrogen-bond acceptors (Lipinski definition) is 2. The van der Waals surface area contributed by atoms with E-state index in [-0.39, 0.29) is 5.60 Å². The van der Waals surface area contributed by atoms with E-state index in [9.17, 15) is 0 Å². The Morgan fingerprint density at radius 1 is 1.45 bits per heavy atom. The zero-order valence-corrected chi connectivity index (χ0v) is 9.27. The molecule has 0 radical (unpaired) electrons. The van der Waals surface area contributed by atoms with Crippen LogP contribution in [0.15, 0.2) is 0 Å². The van der Waals surface area contributed by atoms with Crippen LogP contribution in [0.25, 0.3) is 0 Å². The highest BCUT2D eigenvalue weighted by atomic mass is 127. The summed E-state index contributed by atoms with van der Waals surface area (Å²) in [6.07, 6.45) is 0.735. The fourth-order valence-corrected chi connectivity index (χ4v) is 0.706. The Morgan fingerprint density at radius 3 is 2.55 bits per heavy atom. The summed E-state index contributed by atoms with van der Waals surface area (Å²) in [7, 11) is 1.61. The topological polar surface area (TPSA) is 18.5 Å². The molecule has 0 saturated carbocycles. The summed E-state index contributed by atoms with van der Waals surface area (Å²) in [5.41, 5.74) is -0.200. The number of methoxy groups -OCH3 is 1. The zero-order valence-electron chi connectivity index (χ0n) is 7.11. The summed E-state index contributed by atoms with van der Waals surface area (Å²) in [4.78, 5) is 0. The molecule has 0 aromatic carbocycles. The number of ether oxygens (including phenoxy) is 2. The molecule has 0 aromatic heterocycles. The Labute approximate surface area is 81.8 Å². The van der Waals surface area contributed by atoms with Gasteiger partial charge in [-0.1, -0.05) is 5.92 Å². The average molecular weight is 268 g/mol. The summed E-state index contributed by atoms with van der Waals surface area (Å²) < 4.78 is 12.9. The lowest BCUT2D eigenvalue weighted by atomic mass is 10.1. The highest BCUT2D eigenvalue weighted by Gasteiger charge is 2.16. The van der Waals surface area contributed by atoms with Crippen molar-refractivity contribution in [1.82, 2.24) is 0 Å². The summed E-state index contributed by atoms with van der Waals surface area (Å²) in [5, 5.41) is 0. The molecule has 0 aliphatic heterocycles. The molecule has 64 valence electrons. The SMILES string of the molecule is COCOC(C)(C)CC#CI. The summed E-state index contributed by atoms with van der Waals surface area (Å²) in [5.74, 6) is 2.95. The number of halogens is 1. The van der Waals surface area contributed by atoms with Crippen molar-refractivity contribution in [3.63, 3.8) is 0 Å². The van der Waals surface area contributed by atoms with Gasteiger partial charge >= 0.3 is 0 Å². The van der Waals surface area contributed by atoms with E-state index in [1.165, 1.54) is 0 Å². The van der Waals surface area contributed by atoms with Gasteiger partial charge in [0.15, 0.2) is 0 Å². The van der Waals surface area contributed by atoms with Crippen LogP contribution in [0.5, 0.6) is 0 Å². The molecule has 11 heavy (non-hydrogen) atoms. The molecule has 0 spiro atoms. The third-order valence-electron chi connectivity index (χ3n) is 1.15. The predicted octanol–water partition coefficient (Wildman–Crippen LogP) is 2.17. The quantitative estimate of drug-likeness (QED) is 0.442. The molecular weight excluding hydrogens is 255 g/mol. The van der Waals surface area contributed by atoms with Crippen LogP contribution in [0, 0.1) is 9.85 Å². The van der Waals surface area contributed by atoms with Crippen molar-refractivity contribution in [3.8, 4) is 9.85 Å². The molecule has 0 aromatic rings. The van der Waals surface area contributed by atoms with Crippen LogP contribution in [0.1, 0.15) is 20.3 Å².